The van der Waals surface area contributed by atoms with Crippen molar-refractivity contribution in [2.45, 2.75) is 6.92 Å². The zero-order valence-electron chi connectivity index (χ0n) is 6.35. The molecule has 1 aromatic carbocycles. The van der Waals surface area contributed by atoms with Gasteiger partial charge in [-0.2, -0.15) is 0 Å². The number of hydrogen-bond acceptors (Lipinski definition) is 2. The molecule has 0 spiro atoms. The Bertz CT molecular complexity index is 443. The number of halogens is 1. The van der Waals surface area contributed by atoms with Gasteiger partial charge in [0, 0.05) is 11.1 Å². The van der Waals surface area contributed by atoms with Gasteiger partial charge in [-0.05, 0) is 30.8 Å². The summed E-state index contributed by atoms with van der Waals surface area (Å²) in [5, 5.41) is 0.695. The van der Waals surface area contributed by atoms with Crippen molar-refractivity contribution in [3.63, 3.8) is 0 Å². The van der Waals surface area contributed by atoms with Gasteiger partial charge in [0.1, 0.15) is 0 Å². The molecule has 12 heavy (non-hydrogen) atoms. The Morgan fingerprint density at radius 1 is 1.50 bits per heavy atom. The number of aromatic nitrogens is 1. The Balaban J connectivity index is 2.92. The second-order valence-electron chi connectivity index (χ2n) is 2.61. The Kier molecular flexibility index (Phi) is 1.70. The van der Waals surface area contributed by atoms with Gasteiger partial charge in [0.2, 0.25) is 0 Å². The van der Waals surface area contributed by atoms with E-state index in [1.54, 1.807) is 6.07 Å². The third-order valence-corrected chi connectivity index (χ3v) is 2.29. The minimum Gasteiger partial charge on any atom is -0.429 e. The smallest absolute Gasteiger partial charge is 0.266 e. The average Bonchev–Trinajstić information content (AvgIpc) is 2.30. The first-order chi connectivity index (χ1) is 5.66. The SMILES string of the molecule is Cc1cc2[nH]c(=S)oc2cc1Cl. The lowest BCUT2D eigenvalue weighted by molar-refractivity contribution is 0.583. The molecule has 0 saturated carbocycles. The highest BCUT2D eigenvalue weighted by Crippen LogP contribution is 2.22. The summed E-state index contributed by atoms with van der Waals surface area (Å²) in [6, 6.07) is 3.68. The number of fused-ring (bicyclic) bond motifs is 1. The summed E-state index contributed by atoms with van der Waals surface area (Å²) in [6.45, 7) is 1.94. The van der Waals surface area contributed by atoms with Crippen molar-refractivity contribution in [3.05, 3.63) is 27.6 Å². The van der Waals surface area contributed by atoms with Crippen LogP contribution < -0.4 is 0 Å². The highest BCUT2D eigenvalue weighted by molar-refractivity contribution is 7.71. The second-order valence-corrected chi connectivity index (χ2v) is 3.39. The minimum atomic E-state index is 0.381. The van der Waals surface area contributed by atoms with Crippen LogP contribution in [0.5, 0.6) is 0 Å². The lowest BCUT2D eigenvalue weighted by atomic mass is 10.2. The molecule has 1 N–H and O–H groups in total. The zero-order chi connectivity index (χ0) is 8.72. The summed E-state index contributed by atoms with van der Waals surface area (Å²) < 4.78 is 5.18. The third-order valence-electron chi connectivity index (χ3n) is 1.70. The van der Waals surface area contributed by atoms with Crippen molar-refractivity contribution in [2.75, 3.05) is 0 Å². The quantitative estimate of drug-likeness (QED) is 0.659. The predicted octanol–water partition coefficient (Wildman–Crippen LogP) is 3.45. The predicted molar refractivity (Wildman–Crippen MR) is 51.1 cm³/mol. The van der Waals surface area contributed by atoms with Gasteiger partial charge < -0.3 is 9.40 Å². The molecule has 0 aliphatic heterocycles. The van der Waals surface area contributed by atoms with E-state index in [2.05, 4.69) is 4.98 Å². The number of aryl methyl sites for hydroxylation is 1. The van der Waals surface area contributed by atoms with Crippen molar-refractivity contribution in [1.82, 2.24) is 4.98 Å². The van der Waals surface area contributed by atoms with Crippen molar-refractivity contribution < 1.29 is 4.42 Å². The van der Waals surface area contributed by atoms with E-state index in [1.807, 2.05) is 13.0 Å². The fourth-order valence-corrected chi connectivity index (χ4v) is 1.43. The van der Waals surface area contributed by atoms with Crippen LogP contribution >= 0.6 is 23.8 Å². The molecule has 0 aliphatic carbocycles. The van der Waals surface area contributed by atoms with Crippen LogP contribution in [0, 0.1) is 11.8 Å². The summed E-state index contributed by atoms with van der Waals surface area (Å²) in [6.07, 6.45) is 0. The van der Waals surface area contributed by atoms with Crippen LogP contribution in [0.25, 0.3) is 11.1 Å². The molecule has 0 fully saturated rings. The molecule has 0 atom stereocenters. The first-order valence-corrected chi connectivity index (χ1v) is 4.24. The van der Waals surface area contributed by atoms with Gasteiger partial charge in [-0.15, -0.1) is 0 Å². The maximum absolute atomic E-state index is 5.89. The zero-order valence-corrected chi connectivity index (χ0v) is 7.92. The molecule has 2 aromatic rings. The fraction of sp³-hybridized carbons (Fsp3) is 0.125. The Morgan fingerprint density at radius 3 is 3.00 bits per heavy atom. The first kappa shape index (κ1) is 7.83. The van der Waals surface area contributed by atoms with Gasteiger partial charge >= 0.3 is 0 Å². The summed E-state index contributed by atoms with van der Waals surface area (Å²) in [7, 11) is 0. The molecule has 1 aromatic heterocycles. The van der Waals surface area contributed by atoms with E-state index < -0.39 is 0 Å². The molecule has 4 heteroatoms. The Morgan fingerprint density at radius 2 is 2.25 bits per heavy atom. The molecule has 0 amide bonds. The van der Waals surface area contributed by atoms with Crippen molar-refractivity contribution >= 4 is 34.9 Å². The monoisotopic (exact) mass is 199 g/mol. The third kappa shape index (κ3) is 1.15. The topological polar surface area (TPSA) is 28.9 Å². The van der Waals surface area contributed by atoms with Crippen molar-refractivity contribution in [1.29, 1.82) is 0 Å². The highest BCUT2D eigenvalue weighted by atomic mass is 35.5. The molecule has 1 heterocycles. The van der Waals surface area contributed by atoms with Gasteiger partial charge in [-0.25, -0.2) is 0 Å². The number of rotatable bonds is 0. The number of benzene rings is 1. The van der Waals surface area contributed by atoms with Gasteiger partial charge in [-0.1, -0.05) is 11.6 Å². The number of oxazole rings is 1. The molecule has 0 unspecified atom stereocenters. The maximum atomic E-state index is 5.89. The largest absolute Gasteiger partial charge is 0.429 e. The standard InChI is InChI=1S/C8H6ClNOS/c1-4-2-6-7(3-5(4)9)11-8(12)10-6/h2-3H,1H3,(H,10,12). The summed E-state index contributed by atoms with van der Waals surface area (Å²) in [5.41, 5.74) is 2.61. The minimum absolute atomic E-state index is 0.381. The van der Waals surface area contributed by atoms with Crippen LogP contribution in [-0.4, -0.2) is 4.98 Å². The van der Waals surface area contributed by atoms with Crippen molar-refractivity contribution in [3.8, 4) is 0 Å². The molecule has 0 saturated heterocycles. The molecule has 0 aliphatic rings. The van der Waals surface area contributed by atoms with E-state index in [-0.39, 0.29) is 0 Å². The molecule has 0 bridgehead atoms. The van der Waals surface area contributed by atoms with Crippen molar-refractivity contribution in [2.24, 2.45) is 0 Å². The molecular weight excluding hydrogens is 194 g/mol. The van der Waals surface area contributed by atoms with E-state index in [0.717, 1.165) is 11.1 Å². The number of hydrogen-bond donors (Lipinski definition) is 1. The maximum Gasteiger partial charge on any atom is 0.266 e. The molecule has 2 rings (SSSR count). The fourth-order valence-electron chi connectivity index (χ4n) is 1.08. The molecular formula is C8H6ClNOS. The highest BCUT2D eigenvalue weighted by Gasteiger charge is 2.02. The normalized spacial score (nSPS) is 10.8. The van der Waals surface area contributed by atoms with Gasteiger partial charge in [0.05, 0.1) is 5.52 Å². The van der Waals surface area contributed by atoms with Crippen LogP contribution in [0.15, 0.2) is 16.5 Å². The van der Waals surface area contributed by atoms with E-state index in [0.29, 0.717) is 15.4 Å². The number of nitrogens with one attached hydrogen (secondary N) is 1. The summed E-state index contributed by atoms with van der Waals surface area (Å²) >= 11 is 10.7. The molecule has 62 valence electrons. The van der Waals surface area contributed by atoms with E-state index in [4.69, 9.17) is 28.2 Å². The molecule has 2 nitrogen and oxygen atoms in total. The van der Waals surface area contributed by atoms with Gasteiger partial charge in [0.15, 0.2) is 5.58 Å². The summed E-state index contributed by atoms with van der Waals surface area (Å²) in [5.74, 6) is 0. The molecule has 0 radical (unpaired) electrons. The van der Waals surface area contributed by atoms with Crippen LogP contribution in [0.3, 0.4) is 0 Å². The van der Waals surface area contributed by atoms with Crippen LogP contribution in [0.2, 0.25) is 5.02 Å². The van der Waals surface area contributed by atoms with Crippen LogP contribution in [0.4, 0.5) is 0 Å². The average molecular weight is 200 g/mol. The second kappa shape index (κ2) is 2.61. The Hall–Kier alpha value is -0.800. The number of H-pyrrole nitrogens is 1. The Labute approximate surface area is 79.2 Å². The van der Waals surface area contributed by atoms with Gasteiger partial charge in [0.25, 0.3) is 4.84 Å². The lowest BCUT2D eigenvalue weighted by Gasteiger charge is -1.94. The van der Waals surface area contributed by atoms with Crippen LogP contribution in [0.1, 0.15) is 5.56 Å². The van der Waals surface area contributed by atoms with Gasteiger partial charge in [-0.3, -0.25) is 0 Å². The first-order valence-electron chi connectivity index (χ1n) is 3.46. The summed E-state index contributed by atoms with van der Waals surface area (Å²) in [4.78, 5) is 3.30. The van der Waals surface area contributed by atoms with E-state index in [9.17, 15) is 0 Å². The van der Waals surface area contributed by atoms with Crippen LogP contribution in [-0.2, 0) is 0 Å². The van der Waals surface area contributed by atoms with E-state index >= 15 is 0 Å². The lowest BCUT2D eigenvalue weighted by Crippen LogP contribution is -1.74. The van der Waals surface area contributed by atoms with E-state index in [1.165, 1.54) is 0 Å². The number of aromatic amines is 1.